The molecule has 0 saturated carbocycles. The van der Waals surface area contributed by atoms with E-state index in [-0.39, 0.29) is 28.5 Å². The Hall–Kier alpha value is -4.44. The second-order valence-corrected chi connectivity index (χ2v) is 5.99. The normalized spacial score (nSPS) is 10.0. The number of hydrazine groups is 2. The average Bonchev–Trinajstić information content (AvgIpc) is 2.82. The first kappa shape index (κ1) is 20.3. The number of pyridine rings is 2. The summed E-state index contributed by atoms with van der Waals surface area (Å²) in [7, 11) is 0. The number of nitrogens with zero attached hydrogens (tertiary/aromatic N) is 3. The maximum absolute atomic E-state index is 12.6. The van der Waals surface area contributed by atoms with E-state index in [1.807, 2.05) is 0 Å². The van der Waals surface area contributed by atoms with E-state index >= 15 is 0 Å². The third-order valence-electron chi connectivity index (χ3n) is 3.96. The van der Waals surface area contributed by atoms with Gasteiger partial charge in [-0.2, -0.15) is 0 Å². The smallest absolute Gasteiger partial charge is 0.273 e. The Morgan fingerprint density at radius 1 is 0.833 bits per heavy atom. The number of carbonyl (C=O) groups is 2. The van der Waals surface area contributed by atoms with Gasteiger partial charge >= 0.3 is 0 Å². The van der Waals surface area contributed by atoms with Gasteiger partial charge in [0.2, 0.25) is 0 Å². The van der Waals surface area contributed by atoms with Crippen LogP contribution in [0.15, 0.2) is 73.1 Å². The zero-order valence-electron chi connectivity index (χ0n) is 15.7. The fourth-order valence-corrected chi connectivity index (χ4v) is 2.43. The number of aromatic nitrogens is 2. The lowest BCUT2D eigenvalue weighted by Crippen LogP contribution is -2.43. The van der Waals surface area contributed by atoms with E-state index in [9.17, 15) is 9.59 Å². The molecule has 6 N–H and O–H groups in total. The van der Waals surface area contributed by atoms with E-state index in [4.69, 9.17) is 16.7 Å². The number of amides is 2. The number of nitrogens with one attached hydrogen (secondary N) is 4. The minimum Gasteiger partial charge on any atom is -0.282 e. The Morgan fingerprint density at radius 3 is 2.10 bits per heavy atom. The molecule has 3 aromatic rings. The molecule has 0 fully saturated rings. The van der Waals surface area contributed by atoms with Crippen LogP contribution in [0.1, 0.15) is 32.1 Å². The van der Waals surface area contributed by atoms with Crippen molar-refractivity contribution in [2.75, 3.05) is 0 Å². The van der Waals surface area contributed by atoms with Gasteiger partial charge in [0.15, 0.2) is 11.7 Å². The van der Waals surface area contributed by atoms with Crippen molar-refractivity contribution in [3.8, 4) is 0 Å². The van der Waals surface area contributed by atoms with Crippen LogP contribution >= 0.6 is 0 Å². The largest absolute Gasteiger partial charge is 0.282 e. The second-order valence-electron chi connectivity index (χ2n) is 5.99. The molecule has 10 heteroatoms. The van der Waals surface area contributed by atoms with Crippen LogP contribution < -0.4 is 16.7 Å². The van der Waals surface area contributed by atoms with Gasteiger partial charge in [0, 0.05) is 23.5 Å². The van der Waals surface area contributed by atoms with Crippen molar-refractivity contribution < 1.29 is 9.59 Å². The monoisotopic (exact) mass is 402 g/mol. The Morgan fingerprint density at radius 2 is 1.47 bits per heavy atom. The highest BCUT2D eigenvalue weighted by molar-refractivity contribution is 6.10. The predicted molar refractivity (Wildman–Crippen MR) is 110 cm³/mol. The highest BCUT2D eigenvalue weighted by atomic mass is 16.2. The molecule has 1 aromatic carbocycles. The third kappa shape index (κ3) is 4.69. The summed E-state index contributed by atoms with van der Waals surface area (Å²) in [5.74, 6) is 4.19. The highest BCUT2D eigenvalue weighted by Crippen LogP contribution is 2.09. The summed E-state index contributed by atoms with van der Waals surface area (Å²) >= 11 is 0. The molecule has 0 radical (unpaired) electrons. The van der Waals surface area contributed by atoms with Gasteiger partial charge in [0.05, 0.1) is 0 Å². The number of benzene rings is 1. The van der Waals surface area contributed by atoms with Crippen LogP contribution in [0.2, 0.25) is 0 Å². The first-order valence-electron chi connectivity index (χ1n) is 8.73. The minimum absolute atomic E-state index is 0.0897. The van der Waals surface area contributed by atoms with Gasteiger partial charge in [-0.25, -0.2) is 10.9 Å². The van der Waals surface area contributed by atoms with Crippen molar-refractivity contribution >= 4 is 23.5 Å². The fraction of sp³-hybridized carbons (Fsp3) is 0. The quantitative estimate of drug-likeness (QED) is 0.144. The van der Waals surface area contributed by atoms with E-state index in [2.05, 4.69) is 20.8 Å². The van der Waals surface area contributed by atoms with E-state index in [1.54, 1.807) is 36.4 Å². The predicted octanol–water partition coefficient (Wildman–Crippen LogP) is 1.08. The van der Waals surface area contributed by atoms with Crippen LogP contribution in [0.3, 0.4) is 0 Å². The molecule has 0 bridgehead atoms. The van der Waals surface area contributed by atoms with Gasteiger partial charge in [-0.15, -0.1) is 0 Å². The lowest BCUT2D eigenvalue weighted by Gasteiger charge is -2.17. The van der Waals surface area contributed by atoms with E-state index in [0.29, 0.717) is 10.7 Å². The van der Waals surface area contributed by atoms with Crippen molar-refractivity contribution in [3.05, 3.63) is 95.6 Å². The maximum Gasteiger partial charge on any atom is 0.273 e. The average molecular weight is 402 g/mol. The molecule has 30 heavy (non-hydrogen) atoms. The highest BCUT2D eigenvalue weighted by Gasteiger charge is 2.20. The van der Waals surface area contributed by atoms with Crippen molar-refractivity contribution in [2.45, 2.75) is 0 Å². The summed E-state index contributed by atoms with van der Waals surface area (Å²) in [6, 6.07) is 15.8. The van der Waals surface area contributed by atoms with Crippen LogP contribution in [0.4, 0.5) is 0 Å². The number of rotatable bonds is 4. The summed E-state index contributed by atoms with van der Waals surface area (Å²) in [6.45, 7) is 0. The SMILES string of the molecule is N=C(NNC(=O)c1cccc(C(=O)N(N)C(=N)c2ccccn2)c1)c1ccccn1. The van der Waals surface area contributed by atoms with Crippen LogP contribution in [0.5, 0.6) is 0 Å². The summed E-state index contributed by atoms with van der Waals surface area (Å²) in [5, 5.41) is 16.6. The number of carbonyl (C=O) groups excluding carboxylic acids is 2. The molecule has 0 atom stereocenters. The van der Waals surface area contributed by atoms with Crippen molar-refractivity contribution in [3.63, 3.8) is 0 Å². The van der Waals surface area contributed by atoms with Gasteiger partial charge in [0.1, 0.15) is 11.4 Å². The van der Waals surface area contributed by atoms with Crippen LogP contribution in [0.25, 0.3) is 0 Å². The minimum atomic E-state index is -0.672. The maximum atomic E-state index is 12.6. The molecule has 0 spiro atoms. The second kappa shape index (κ2) is 9.17. The zero-order valence-corrected chi connectivity index (χ0v) is 15.7. The summed E-state index contributed by atoms with van der Waals surface area (Å²) in [4.78, 5) is 33.0. The summed E-state index contributed by atoms with van der Waals surface area (Å²) < 4.78 is 0. The van der Waals surface area contributed by atoms with E-state index < -0.39 is 11.8 Å². The number of amidine groups is 2. The summed E-state index contributed by atoms with van der Waals surface area (Å²) in [5.41, 5.74) is 5.72. The third-order valence-corrected chi connectivity index (χ3v) is 3.96. The molecule has 0 aliphatic rings. The van der Waals surface area contributed by atoms with Crippen LogP contribution in [-0.4, -0.2) is 38.5 Å². The first-order valence-corrected chi connectivity index (χ1v) is 8.73. The van der Waals surface area contributed by atoms with E-state index in [1.165, 1.54) is 36.7 Å². The van der Waals surface area contributed by atoms with Gasteiger partial charge in [-0.3, -0.25) is 41.2 Å². The molecule has 2 amide bonds. The topological polar surface area (TPSA) is 161 Å². The molecule has 0 aliphatic carbocycles. The Balaban J connectivity index is 1.67. The van der Waals surface area contributed by atoms with Crippen molar-refractivity contribution in [2.24, 2.45) is 5.84 Å². The van der Waals surface area contributed by atoms with Crippen LogP contribution in [-0.2, 0) is 0 Å². The molecule has 0 unspecified atom stereocenters. The lowest BCUT2D eigenvalue weighted by molar-refractivity contribution is 0.0846. The molecular weight excluding hydrogens is 384 g/mol. The first-order chi connectivity index (χ1) is 14.5. The number of hydrogen-bond donors (Lipinski definition) is 5. The van der Waals surface area contributed by atoms with Crippen molar-refractivity contribution in [1.82, 2.24) is 25.8 Å². The Labute approximate surface area is 171 Å². The van der Waals surface area contributed by atoms with Gasteiger partial charge < -0.3 is 0 Å². The summed E-state index contributed by atoms with van der Waals surface area (Å²) in [6.07, 6.45) is 3.02. The molecule has 10 nitrogen and oxygen atoms in total. The Kier molecular flexibility index (Phi) is 6.20. The molecule has 2 heterocycles. The number of nitrogens with two attached hydrogens (primary N) is 1. The fourth-order valence-electron chi connectivity index (χ4n) is 2.43. The lowest BCUT2D eigenvalue weighted by atomic mass is 10.1. The molecule has 2 aromatic heterocycles. The van der Waals surface area contributed by atoms with Crippen LogP contribution in [0, 0.1) is 10.8 Å². The van der Waals surface area contributed by atoms with Crippen molar-refractivity contribution in [1.29, 1.82) is 10.8 Å². The molecule has 0 saturated heterocycles. The molecular formula is C20H18N8O2. The van der Waals surface area contributed by atoms with Gasteiger partial charge in [-0.1, -0.05) is 18.2 Å². The zero-order chi connectivity index (χ0) is 21.5. The standard InChI is InChI=1S/C20H18N8O2/c21-17(15-8-1-3-10-24-15)26-27-19(29)13-6-5-7-14(12-13)20(30)28(23)18(22)16-9-2-4-11-25-16/h1-12,22H,23H2,(H2,21,26)(H,27,29). The molecule has 150 valence electrons. The van der Waals surface area contributed by atoms with E-state index in [0.717, 1.165) is 0 Å². The number of hydrogen-bond acceptors (Lipinski definition) is 7. The Bertz CT molecular complexity index is 1090. The molecule has 3 rings (SSSR count). The van der Waals surface area contributed by atoms with Gasteiger partial charge in [-0.05, 0) is 42.5 Å². The molecule has 0 aliphatic heterocycles. The van der Waals surface area contributed by atoms with Gasteiger partial charge in [0.25, 0.3) is 11.8 Å².